The van der Waals surface area contributed by atoms with Crippen LogP contribution in [-0.4, -0.2) is 42.5 Å². The predicted octanol–water partition coefficient (Wildman–Crippen LogP) is 2.14. The summed E-state index contributed by atoms with van der Waals surface area (Å²) in [5.74, 6) is 0.120. The molecule has 23 heavy (non-hydrogen) atoms. The molecule has 0 amide bonds. The molecule has 2 aromatic rings. The van der Waals surface area contributed by atoms with Crippen LogP contribution < -0.4 is 4.90 Å². The molecular weight excluding hydrogens is 296 g/mol. The normalized spacial score (nSPS) is 16.0. The number of hydrogen-bond donors (Lipinski definition) is 1. The standard InChI is InChI=1S/C17H22N2O4/c1-2-22-17(21)10-15-14-4-3-13(9-16(14)23-18-15)19-7-5-12(11-20)6-8-19/h3-4,9,12,20H,2,5-8,10-11H2,1H3. The van der Waals surface area contributed by atoms with Gasteiger partial charge < -0.3 is 19.3 Å². The molecule has 1 aromatic heterocycles. The van der Waals surface area contributed by atoms with Gasteiger partial charge in [0.25, 0.3) is 0 Å². The molecule has 1 saturated heterocycles. The maximum absolute atomic E-state index is 11.6. The number of rotatable bonds is 5. The molecule has 0 radical (unpaired) electrons. The fourth-order valence-corrected chi connectivity index (χ4v) is 3.03. The molecule has 2 heterocycles. The number of carbonyl (C=O) groups excluding carboxylic acids is 1. The molecule has 0 spiro atoms. The number of carbonyl (C=O) groups is 1. The van der Waals surface area contributed by atoms with Crippen molar-refractivity contribution in [2.45, 2.75) is 26.2 Å². The Morgan fingerprint density at radius 2 is 2.22 bits per heavy atom. The zero-order chi connectivity index (χ0) is 16.2. The Labute approximate surface area is 135 Å². The largest absolute Gasteiger partial charge is 0.466 e. The zero-order valence-corrected chi connectivity index (χ0v) is 13.3. The number of ether oxygens (including phenoxy) is 1. The first kappa shape index (κ1) is 15.8. The van der Waals surface area contributed by atoms with Crippen molar-refractivity contribution in [2.24, 2.45) is 5.92 Å². The first-order valence-corrected chi connectivity index (χ1v) is 8.11. The van der Waals surface area contributed by atoms with Gasteiger partial charge in [0, 0.05) is 36.8 Å². The summed E-state index contributed by atoms with van der Waals surface area (Å²) in [5, 5.41) is 14.1. The molecule has 6 heteroatoms. The third-order valence-corrected chi connectivity index (χ3v) is 4.39. The van der Waals surface area contributed by atoms with Gasteiger partial charge in [0.1, 0.15) is 5.69 Å². The van der Waals surface area contributed by atoms with Gasteiger partial charge in [-0.05, 0) is 37.8 Å². The summed E-state index contributed by atoms with van der Waals surface area (Å²) in [5.41, 5.74) is 2.39. The lowest BCUT2D eigenvalue weighted by atomic mass is 9.97. The molecule has 0 atom stereocenters. The van der Waals surface area contributed by atoms with E-state index in [-0.39, 0.29) is 19.0 Å². The number of aliphatic hydroxyl groups is 1. The number of hydrogen-bond acceptors (Lipinski definition) is 6. The zero-order valence-electron chi connectivity index (χ0n) is 13.3. The number of nitrogens with zero attached hydrogens (tertiary/aromatic N) is 2. The summed E-state index contributed by atoms with van der Waals surface area (Å²) in [4.78, 5) is 13.9. The molecule has 6 nitrogen and oxygen atoms in total. The van der Waals surface area contributed by atoms with Gasteiger partial charge in [-0.15, -0.1) is 0 Å². The van der Waals surface area contributed by atoms with E-state index in [1.165, 1.54) is 0 Å². The predicted molar refractivity (Wildman–Crippen MR) is 86.4 cm³/mol. The van der Waals surface area contributed by atoms with Crippen LogP contribution in [0.5, 0.6) is 0 Å². The molecule has 1 N–H and O–H groups in total. The van der Waals surface area contributed by atoms with Crippen molar-refractivity contribution in [1.82, 2.24) is 5.16 Å². The van der Waals surface area contributed by atoms with Gasteiger partial charge in [-0.1, -0.05) is 5.16 Å². The highest BCUT2D eigenvalue weighted by Gasteiger charge is 2.20. The van der Waals surface area contributed by atoms with Crippen LogP contribution in [0.2, 0.25) is 0 Å². The first-order chi connectivity index (χ1) is 11.2. The molecule has 1 aliphatic rings. The van der Waals surface area contributed by atoms with E-state index in [1.54, 1.807) is 6.92 Å². The van der Waals surface area contributed by atoms with Gasteiger partial charge in [0.05, 0.1) is 13.0 Å². The van der Waals surface area contributed by atoms with Crippen molar-refractivity contribution in [3.63, 3.8) is 0 Å². The lowest BCUT2D eigenvalue weighted by molar-refractivity contribution is -0.142. The maximum Gasteiger partial charge on any atom is 0.312 e. The van der Waals surface area contributed by atoms with Crippen LogP contribution in [0.3, 0.4) is 0 Å². The highest BCUT2D eigenvalue weighted by atomic mass is 16.5. The van der Waals surface area contributed by atoms with Gasteiger partial charge in [-0.3, -0.25) is 4.79 Å². The lowest BCUT2D eigenvalue weighted by Crippen LogP contribution is -2.34. The average Bonchev–Trinajstić information content (AvgIpc) is 2.97. The van der Waals surface area contributed by atoms with Crippen LogP contribution in [0.15, 0.2) is 22.7 Å². The van der Waals surface area contributed by atoms with Gasteiger partial charge >= 0.3 is 5.97 Å². The molecule has 0 saturated carbocycles. The van der Waals surface area contributed by atoms with Crippen molar-refractivity contribution >= 4 is 22.6 Å². The lowest BCUT2D eigenvalue weighted by Gasteiger charge is -2.32. The molecule has 0 unspecified atom stereocenters. The number of aliphatic hydroxyl groups excluding tert-OH is 1. The van der Waals surface area contributed by atoms with Crippen molar-refractivity contribution < 1.29 is 19.2 Å². The topological polar surface area (TPSA) is 75.8 Å². The third-order valence-electron chi connectivity index (χ3n) is 4.39. The van der Waals surface area contributed by atoms with Crippen molar-refractivity contribution in [3.8, 4) is 0 Å². The first-order valence-electron chi connectivity index (χ1n) is 8.11. The van der Waals surface area contributed by atoms with Crippen molar-refractivity contribution in [3.05, 3.63) is 23.9 Å². The summed E-state index contributed by atoms with van der Waals surface area (Å²) in [7, 11) is 0. The average molecular weight is 318 g/mol. The number of piperidine rings is 1. The van der Waals surface area contributed by atoms with E-state index in [0.29, 0.717) is 23.8 Å². The van der Waals surface area contributed by atoms with E-state index >= 15 is 0 Å². The highest BCUT2D eigenvalue weighted by molar-refractivity contribution is 5.86. The van der Waals surface area contributed by atoms with Gasteiger partial charge in [0.2, 0.25) is 0 Å². The summed E-state index contributed by atoms with van der Waals surface area (Å²) in [6.07, 6.45) is 2.13. The van der Waals surface area contributed by atoms with Gasteiger partial charge in [-0.2, -0.15) is 0 Å². The second-order valence-corrected chi connectivity index (χ2v) is 5.90. The van der Waals surface area contributed by atoms with E-state index < -0.39 is 0 Å². The molecule has 1 aliphatic heterocycles. The fourth-order valence-electron chi connectivity index (χ4n) is 3.03. The Hall–Kier alpha value is -2.08. The molecule has 1 fully saturated rings. The summed E-state index contributed by atoms with van der Waals surface area (Å²) < 4.78 is 10.3. The Morgan fingerprint density at radius 3 is 2.91 bits per heavy atom. The summed E-state index contributed by atoms with van der Waals surface area (Å²) in [6.45, 7) is 4.28. The van der Waals surface area contributed by atoms with Crippen molar-refractivity contribution in [1.29, 1.82) is 0 Å². The van der Waals surface area contributed by atoms with Crippen LogP contribution in [0.1, 0.15) is 25.5 Å². The minimum atomic E-state index is -0.294. The van der Waals surface area contributed by atoms with Gasteiger partial charge in [0.15, 0.2) is 5.58 Å². The van der Waals surface area contributed by atoms with E-state index in [0.717, 1.165) is 37.0 Å². The second kappa shape index (κ2) is 7.00. The fraction of sp³-hybridized carbons (Fsp3) is 0.529. The maximum atomic E-state index is 11.6. The van der Waals surface area contributed by atoms with E-state index in [1.807, 2.05) is 18.2 Å². The Morgan fingerprint density at radius 1 is 1.43 bits per heavy atom. The smallest absolute Gasteiger partial charge is 0.312 e. The SMILES string of the molecule is CCOC(=O)Cc1noc2cc(N3CCC(CO)CC3)ccc12. The van der Waals surface area contributed by atoms with E-state index in [9.17, 15) is 9.90 Å². The Bertz CT molecular complexity index is 674. The summed E-state index contributed by atoms with van der Waals surface area (Å²) in [6, 6.07) is 5.96. The molecular formula is C17H22N2O4. The van der Waals surface area contributed by atoms with Crippen LogP contribution in [0, 0.1) is 5.92 Å². The molecule has 124 valence electrons. The minimum absolute atomic E-state index is 0.127. The number of anilines is 1. The number of esters is 1. The van der Waals surface area contributed by atoms with Crippen LogP contribution in [-0.2, 0) is 16.0 Å². The second-order valence-electron chi connectivity index (χ2n) is 5.90. The number of benzene rings is 1. The number of aromatic nitrogens is 1. The molecule has 1 aromatic carbocycles. The minimum Gasteiger partial charge on any atom is -0.466 e. The summed E-state index contributed by atoms with van der Waals surface area (Å²) >= 11 is 0. The van der Waals surface area contributed by atoms with E-state index in [4.69, 9.17) is 9.26 Å². The van der Waals surface area contributed by atoms with Crippen LogP contribution >= 0.6 is 0 Å². The van der Waals surface area contributed by atoms with E-state index in [2.05, 4.69) is 10.1 Å². The monoisotopic (exact) mass is 318 g/mol. The van der Waals surface area contributed by atoms with Crippen LogP contribution in [0.4, 0.5) is 5.69 Å². The quantitative estimate of drug-likeness (QED) is 0.851. The number of fused-ring (bicyclic) bond motifs is 1. The third kappa shape index (κ3) is 3.47. The Kier molecular flexibility index (Phi) is 4.81. The van der Waals surface area contributed by atoms with Crippen molar-refractivity contribution in [2.75, 3.05) is 31.2 Å². The van der Waals surface area contributed by atoms with Gasteiger partial charge in [-0.25, -0.2) is 0 Å². The highest BCUT2D eigenvalue weighted by Crippen LogP contribution is 2.28. The molecule has 0 aliphatic carbocycles. The molecule has 0 bridgehead atoms. The Balaban J connectivity index is 1.74. The van der Waals surface area contributed by atoms with Crippen LogP contribution in [0.25, 0.3) is 11.0 Å². The molecule has 3 rings (SSSR count).